The van der Waals surface area contributed by atoms with Crippen molar-refractivity contribution in [1.82, 2.24) is 9.97 Å². The van der Waals surface area contributed by atoms with Gasteiger partial charge in [0.15, 0.2) is 5.82 Å². The molecule has 2 aromatic heterocycles. The number of carbonyl (C=O) groups excluding carboxylic acids is 1. The van der Waals surface area contributed by atoms with E-state index in [-0.39, 0.29) is 0 Å². The van der Waals surface area contributed by atoms with E-state index in [1.807, 2.05) is 0 Å². The molecule has 0 unspecified atom stereocenters. The van der Waals surface area contributed by atoms with Crippen LogP contribution in [0, 0.1) is 11.8 Å². The van der Waals surface area contributed by atoms with E-state index < -0.39 is 23.2 Å². The first-order valence-electron chi connectivity index (χ1n) is 4.81. The summed E-state index contributed by atoms with van der Waals surface area (Å²) in [6, 6.07) is 4.28. The summed E-state index contributed by atoms with van der Waals surface area (Å²) in [7, 11) is 0. The molecule has 0 spiro atoms. The molecule has 7 heteroatoms. The molecule has 0 aliphatic carbocycles. The highest BCUT2D eigenvalue weighted by Crippen LogP contribution is 2.14. The van der Waals surface area contributed by atoms with Crippen molar-refractivity contribution in [2.75, 3.05) is 5.32 Å². The Morgan fingerprint density at radius 1 is 1.22 bits per heavy atom. The Hall–Kier alpha value is -1.89. The minimum Gasteiger partial charge on any atom is -0.320 e. The molecule has 0 fully saturated rings. The summed E-state index contributed by atoms with van der Waals surface area (Å²) in [5.74, 6) is -3.35. The minimum atomic E-state index is -1.31. The van der Waals surface area contributed by atoms with Gasteiger partial charge in [0.05, 0.1) is 17.4 Å². The number of pyridine rings is 2. The standard InChI is InChI=1S/C11H6BrF2N3O/c12-8-2-1-6(5-16-8)17-11(18)7-3-4-15-10(14)9(7)13/h1-5H,(H,17,18). The summed E-state index contributed by atoms with van der Waals surface area (Å²) in [5.41, 5.74) is -0.0368. The fourth-order valence-corrected chi connectivity index (χ4v) is 1.48. The van der Waals surface area contributed by atoms with Crippen molar-refractivity contribution >= 4 is 27.5 Å². The molecule has 4 nitrogen and oxygen atoms in total. The van der Waals surface area contributed by atoms with Gasteiger partial charge in [0, 0.05) is 6.20 Å². The predicted molar refractivity (Wildman–Crippen MR) is 64.0 cm³/mol. The number of amides is 1. The molecule has 1 amide bonds. The van der Waals surface area contributed by atoms with Crippen molar-refractivity contribution in [3.05, 3.63) is 52.5 Å². The molecule has 2 heterocycles. The third-order valence-corrected chi connectivity index (χ3v) is 2.55. The molecular weight excluding hydrogens is 308 g/mol. The topological polar surface area (TPSA) is 54.9 Å². The van der Waals surface area contributed by atoms with Crippen LogP contribution < -0.4 is 5.32 Å². The van der Waals surface area contributed by atoms with Crippen LogP contribution in [0.5, 0.6) is 0 Å². The van der Waals surface area contributed by atoms with Crippen LogP contribution >= 0.6 is 15.9 Å². The first kappa shape index (κ1) is 12.6. The monoisotopic (exact) mass is 313 g/mol. The first-order valence-corrected chi connectivity index (χ1v) is 5.60. The molecule has 0 radical (unpaired) electrons. The molecule has 2 rings (SSSR count). The third kappa shape index (κ3) is 2.67. The zero-order valence-corrected chi connectivity index (χ0v) is 10.4. The average molecular weight is 314 g/mol. The van der Waals surface area contributed by atoms with Crippen LogP contribution in [0.3, 0.4) is 0 Å². The van der Waals surface area contributed by atoms with Crippen LogP contribution in [-0.2, 0) is 0 Å². The van der Waals surface area contributed by atoms with Gasteiger partial charge in [0.25, 0.3) is 5.91 Å². The van der Waals surface area contributed by atoms with Crippen molar-refractivity contribution < 1.29 is 13.6 Å². The average Bonchev–Trinajstić information content (AvgIpc) is 2.35. The van der Waals surface area contributed by atoms with Crippen molar-refractivity contribution in [3.8, 4) is 0 Å². The molecule has 0 saturated heterocycles. The quantitative estimate of drug-likeness (QED) is 0.867. The number of rotatable bonds is 2. The lowest BCUT2D eigenvalue weighted by Crippen LogP contribution is -2.15. The second kappa shape index (κ2) is 5.18. The summed E-state index contributed by atoms with van der Waals surface area (Å²) in [4.78, 5) is 18.7. The van der Waals surface area contributed by atoms with Gasteiger partial charge < -0.3 is 5.32 Å². The maximum absolute atomic E-state index is 13.3. The Bertz CT molecular complexity index is 589. The highest BCUT2D eigenvalue weighted by atomic mass is 79.9. The van der Waals surface area contributed by atoms with E-state index in [1.165, 1.54) is 6.20 Å². The summed E-state index contributed by atoms with van der Waals surface area (Å²) in [6.07, 6.45) is 2.41. The van der Waals surface area contributed by atoms with Gasteiger partial charge in [-0.3, -0.25) is 4.79 Å². The number of aromatic nitrogens is 2. The normalized spacial score (nSPS) is 10.2. The number of hydrogen-bond acceptors (Lipinski definition) is 3. The molecule has 0 bridgehead atoms. The first-order chi connectivity index (χ1) is 8.58. The van der Waals surface area contributed by atoms with Crippen LogP contribution in [0.15, 0.2) is 35.2 Å². The maximum Gasteiger partial charge on any atom is 0.258 e. The van der Waals surface area contributed by atoms with E-state index in [2.05, 4.69) is 31.2 Å². The van der Waals surface area contributed by atoms with Gasteiger partial charge in [-0.2, -0.15) is 4.39 Å². The second-order valence-corrected chi connectivity index (χ2v) is 4.10. The summed E-state index contributed by atoms with van der Waals surface area (Å²) < 4.78 is 26.7. The minimum absolute atomic E-state index is 0.375. The Morgan fingerprint density at radius 2 is 2.00 bits per heavy atom. The fraction of sp³-hybridized carbons (Fsp3) is 0. The lowest BCUT2D eigenvalue weighted by atomic mass is 10.2. The largest absolute Gasteiger partial charge is 0.320 e. The molecule has 18 heavy (non-hydrogen) atoms. The number of halogens is 3. The fourth-order valence-electron chi connectivity index (χ4n) is 1.24. The van der Waals surface area contributed by atoms with Crippen LogP contribution in [-0.4, -0.2) is 15.9 Å². The lowest BCUT2D eigenvalue weighted by Gasteiger charge is -2.05. The van der Waals surface area contributed by atoms with Crippen molar-refractivity contribution in [1.29, 1.82) is 0 Å². The smallest absolute Gasteiger partial charge is 0.258 e. The van der Waals surface area contributed by atoms with E-state index in [0.29, 0.717) is 10.3 Å². The molecule has 0 saturated carbocycles. The molecule has 0 aliphatic rings. The van der Waals surface area contributed by atoms with Gasteiger partial charge in [-0.1, -0.05) is 0 Å². The van der Waals surface area contributed by atoms with Gasteiger partial charge >= 0.3 is 0 Å². The summed E-state index contributed by atoms with van der Waals surface area (Å²) in [5, 5.41) is 2.40. The Kier molecular flexibility index (Phi) is 3.61. The molecule has 1 N–H and O–H groups in total. The summed E-state index contributed by atoms with van der Waals surface area (Å²) >= 11 is 3.14. The Labute approximate surface area is 109 Å². The number of carbonyl (C=O) groups is 1. The molecule has 2 aromatic rings. The van der Waals surface area contributed by atoms with Crippen molar-refractivity contribution in [3.63, 3.8) is 0 Å². The van der Waals surface area contributed by atoms with Crippen LogP contribution in [0.2, 0.25) is 0 Å². The van der Waals surface area contributed by atoms with E-state index >= 15 is 0 Å². The molecule has 0 atom stereocenters. The van der Waals surface area contributed by atoms with E-state index in [0.717, 1.165) is 12.3 Å². The Balaban J connectivity index is 2.22. The predicted octanol–water partition coefficient (Wildman–Crippen LogP) is 2.77. The van der Waals surface area contributed by atoms with Crippen molar-refractivity contribution in [2.24, 2.45) is 0 Å². The van der Waals surface area contributed by atoms with Gasteiger partial charge in [0.2, 0.25) is 5.95 Å². The molecule has 92 valence electrons. The van der Waals surface area contributed by atoms with E-state index in [9.17, 15) is 13.6 Å². The van der Waals surface area contributed by atoms with Gasteiger partial charge in [0.1, 0.15) is 4.60 Å². The molecular formula is C11H6BrF2N3O. The number of nitrogens with zero attached hydrogens (tertiary/aromatic N) is 2. The van der Waals surface area contributed by atoms with Crippen molar-refractivity contribution in [2.45, 2.75) is 0 Å². The number of nitrogens with one attached hydrogen (secondary N) is 1. The SMILES string of the molecule is O=C(Nc1ccc(Br)nc1)c1ccnc(F)c1F. The zero-order chi connectivity index (χ0) is 13.1. The van der Waals surface area contributed by atoms with Crippen LogP contribution in [0.25, 0.3) is 0 Å². The van der Waals surface area contributed by atoms with Crippen LogP contribution in [0.1, 0.15) is 10.4 Å². The van der Waals surface area contributed by atoms with E-state index in [1.54, 1.807) is 12.1 Å². The summed E-state index contributed by atoms with van der Waals surface area (Å²) in [6.45, 7) is 0. The van der Waals surface area contributed by atoms with Gasteiger partial charge in [-0.05, 0) is 34.1 Å². The molecule has 0 aliphatic heterocycles. The van der Waals surface area contributed by atoms with Gasteiger partial charge in [-0.25, -0.2) is 14.4 Å². The van der Waals surface area contributed by atoms with Crippen LogP contribution in [0.4, 0.5) is 14.5 Å². The Morgan fingerprint density at radius 3 is 2.67 bits per heavy atom. The highest BCUT2D eigenvalue weighted by Gasteiger charge is 2.16. The highest BCUT2D eigenvalue weighted by molar-refractivity contribution is 9.10. The zero-order valence-electron chi connectivity index (χ0n) is 8.82. The number of anilines is 1. The van der Waals surface area contributed by atoms with Gasteiger partial charge in [-0.15, -0.1) is 0 Å². The maximum atomic E-state index is 13.3. The lowest BCUT2D eigenvalue weighted by molar-refractivity contribution is 0.102. The third-order valence-electron chi connectivity index (χ3n) is 2.08. The number of hydrogen-bond donors (Lipinski definition) is 1. The molecule has 0 aromatic carbocycles. The second-order valence-electron chi connectivity index (χ2n) is 3.29. The van der Waals surface area contributed by atoms with E-state index in [4.69, 9.17) is 0 Å².